The molecule has 0 fully saturated rings. The Morgan fingerprint density at radius 2 is 1.95 bits per heavy atom. The highest BCUT2D eigenvalue weighted by molar-refractivity contribution is 7.00. The number of hydrogen-bond donors (Lipinski definition) is 0. The summed E-state index contributed by atoms with van der Waals surface area (Å²) in [6.45, 7) is 1.44. The van der Waals surface area contributed by atoms with Gasteiger partial charge in [-0.15, -0.1) is 0 Å². The maximum atomic E-state index is 11.3. The Balaban J connectivity index is 2.29. The molecule has 0 saturated carbocycles. The molecule has 0 atom stereocenters. The van der Waals surface area contributed by atoms with Crippen LogP contribution in [-0.4, -0.2) is 14.5 Å². The summed E-state index contributed by atoms with van der Waals surface area (Å²) in [5.41, 5.74) is 1.75. The fourth-order valence-electron chi connectivity index (χ4n) is 1.77. The van der Waals surface area contributed by atoms with E-state index in [0.717, 1.165) is 11.7 Å². The highest BCUT2D eigenvalue weighted by atomic mass is 35.5. The zero-order valence-corrected chi connectivity index (χ0v) is 11.9. The van der Waals surface area contributed by atoms with Crippen molar-refractivity contribution in [3.63, 3.8) is 0 Å². The number of carbonyl (C=O) groups excluding carboxylic acids is 1. The van der Waals surface area contributed by atoms with Crippen LogP contribution < -0.4 is 0 Å². The van der Waals surface area contributed by atoms with Gasteiger partial charge in [-0.25, -0.2) is 0 Å². The lowest BCUT2D eigenvalue weighted by atomic mass is 10.1. The van der Waals surface area contributed by atoms with E-state index < -0.39 is 0 Å². The van der Waals surface area contributed by atoms with Gasteiger partial charge in [0, 0.05) is 6.92 Å². The Morgan fingerprint density at radius 3 is 2.63 bits per heavy atom. The van der Waals surface area contributed by atoms with E-state index in [0.29, 0.717) is 32.4 Å². The van der Waals surface area contributed by atoms with E-state index in [1.54, 1.807) is 18.2 Å². The van der Waals surface area contributed by atoms with E-state index in [4.69, 9.17) is 27.6 Å². The Morgan fingerprint density at radius 1 is 1.21 bits per heavy atom. The summed E-state index contributed by atoms with van der Waals surface area (Å²) in [4.78, 5) is 11.3. The normalized spacial score (nSPS) is 11.1. The predicted octanol–water partition coefficient (Wildman–Crippen LogP) is 4.46. The van der Waals surface area contributed by atoms with Crippen LogP contribution in [-0.2, 0) is 0 Å². The van der Waals surface area contributed by atoms with Crippen LogP contribution in [0.1, 0.15) is 17.5 Å². The molecule has 96 valence electrons. The first-order valence-electron chi connectivity index (χ1n) is 5.29. The van der Waals surface area contributed by atoms with E-state index in [9.17, 15) is 4.79 Å². The van der Waals surface area contributed by atoms with Crippen LogP contribution >= 0.6 is 34.9 Å². The quantitative estimate of drug-likeness (QED) is 0.655. The lowest BCUT2D eigenvalue weighted by Crippen LogP contribution is -1.86. The molecule has 2 aromatic heterocycles. The number of fused-ring (bicyclic) bond motifs is 1. The molecule has 7 heteroatoms. The van der Waals surface area contributed by atoms with Crippen LogP contribution in [0.3, 0.4) is 0 Å². The van der Waals surface area contributed by atoms with Crippen molar-refractivity contribution in [2.45, 2.75) is 6.92 Å². The van der Waals surface area contributed by atoms with E-state index in [1.807, 2.05) is 0 Å². The number of aromatic nitrogens is 2. The summed E-state index contributed by atoms with van der Waals surface area (Å²) in [5.74, 6) is 0.603. The third-order valence-electron chi connectivity index (χ3n) is 2.64. The second kappa shape index (κ2) is 4.59. The minimum Gasteiger partial charge on any atom is -0.453 e. The third kappa shape index (κ3) is 2.04. The van der Waals surface area contributed by atoms with Gasteiger partial charge in [0.1, 0.15) is 16.8 Å². The smallest absolute Gasteiger partial charge is 0.194 e. The van der Waals surface area contributed by atoms with Gasteiger partial charge < -0.3 is 4.42 Å². The first-order valence-corrected chi connectivity index (χ1v) is 6.78. The number of Topliss-reactive ketones (excluding diaryl/α,β-unsaturated/α-hetero) is 1. The molecule has 0 N–H and O–H groups in total. The molecular weight excluding hydrogens is 307 g/mol. The summed E-state index contributed by atoms with van der Waals surface area (Å²) in [6, 6.07) is 4.89. The molecule has 0 aliphatic carbocycles. The molecule has 19 heavy (non-hydrogen) atoms. The van der Waals surface area contributed by atoms with Crippen molar-refractivity contribution in [1.29, 1.82) is 0 Å². The average molecular weight is 313 g/mol. The molecule has 0 saturated heterocycles. The molecule has 0 spiro atoms. The number of hydrogen-bond acceptors (Lipinski definition) is 5. The molecule has 0 radical (unpaired) electrons. The van der Waals surface area contributed by atoms with Gasteiger partial charge in [-0.1, -0.05) is 23.2 Å². The summed E-state index contributed by atoms with van der Waals surface area (Å²) < 4.78 is 13.8. The van der Waals surface area contributed by atoms with Gasteiger partial charge in [0.2, 0.25) is 0 Å². The highest BCUT2D eigenvalue weighted by Gasteiger charge is 2.19. The van der Waals surface area contributed by atoms with Gasteiger partial charge >= 0.3 is 0 Å². The van der Waals surface area contributed by atoms with Crippen LogP contribution in [0.25, 0.3) is 22.4 Å². The van der Waals surface area contributed by atoms with Crippen molar-refractivity contribution in [1.82, 2.24) is 8.75 Å². The summed E-state index contributed by atoms with van der Waals surface area (Å²) in [7, 11) is 0. The molecular formula is C12H6Cl2N2O2S. The maximum Gasteiger partial charge on any atom is 0.194 e. The van der Waals surface area contributed by atoms with Gasteiger partial charge in [-0.2, -0.15) is 8.75 Å². The molecule has 3 aromatic rings. The van der Waals surface area contributed by atoms with E-state index >= 15 is 0 Å². The zero-order valence-electron chi connectivity index (χ0n) is 9.61. The van der Waals surface area contributed by atoms with Crippen molar-refractivity contribution in [2.75, 3.05) is 0 Å². The van der Waals surface area contributed by atoms with Gasteiger partial charge in [0.15, 0.2) is 11.5 Å². The molecule has 0 aliphatic rings. The SMILES string of the molecule is CC(=O)c1ccc(-c2c(Cl)cc(Cl)c3nsnc23)o1. The Hall–Kier alpha value is -1.43. The Labute approximate surface area is 122 Å². The first kappa shape index (κ1) is 12.6. The largest absolute Gasteiger partial charge is 0.453 e. The minimum absolute atomic E-state index is 0.149. The third-order valence-corrected chi connectivity index (χ3v) is 3.76. The van der Waals surface area contributed by atoms with Crippen molar-refractivity contribution >= 4 is 51.7 Å². The average Bonchev–Trinajstić information content (AvgIpc) is 2.97. The van der Waals surface area contributed by atoms with Gasteiger partial charge in [-0.3, -0.25) is 4.79 Å². The predicted molar refractivity (Wildman–Crippen MR) is 75.1 cm³/mol. The van der Waals surface area contributed by atoms with Crippen LogP contribution in [0.2, 0.25) is 10.0 Å². The van der Waals surface area contributed by atoms with Crippen molar-refractivity contribution in [3.05, 3.63) is 34.0 Å². The Kier molecular flexibility index (Phi) is 3.05. The van der Waals surface area contributed by atoms with Crippen molar-refractivity contribution < 1.29 is 9.21 Å². The summed E-state index contributed by atoms with van der Waals surface area (Å²) in [6.07, 6.45) is 0. The van der Waals surface area contributed by atoms with Gasteiger partial charge in [-0.05, 0) is 18.2 Å². The second-order valence-electron chi connectivity index (χ2n) is 3.90. The first-order chi connectivity index (χ1) is 9.08. The molecule has 0 aliphatic heterocycles. The topological polar surface area (TPSA) is 56.0 Å². The van der Waals surface area contributed by atoms with Crippen LogP contribution in [0.4, 0.5) is 0 Å². The monoisotopic (exact) mass is 312 g/mol. The number of furan rings is 1. The van der Waals surface area contributed by atoms with Crippen LogP contribution in [0, 0.1) is 0 Å². The fourth-order valence-corrected chi connectivity index (χ4v) is 2.98. The number of halogens is 2. The van der Waals surface area contributed by atoms with Crippen molar-refractivity contribution in [2.24, 2.45) is 0 Å². The number of nitrogens with zero attached hydrogens (tertiary/aromatic N) is 2. The Bertz CT molecular complexity index is 794. The molecule has 3 rings (SSSR count). The number of ketones is 1. The van der Waals surface area contributed by atoms with E-state index in [-0.39, 0.29) is 11.5 Å². The second-order valence-corrected chi connectivity index (χ2v) is 5.24. The zero-order chi connectivity index (χ0) is 13.6. The van der Waals surface area contributed by atoms with Gasteiger partial charge in [0.05, 0.1) is 27.3 Å². The standard InChI is InChI=1S/C12H6Cl2N2O2S/c1-5(17)8-2-3-9(18-8)10-6(13)4-7(14)11-12(10)16-19-15-11/h2-4H,1H3. The van der Waals surface area contributed by atoms with Crippen LogP contribution in [0.15, 0.2) is 22.6 Å². The van der Waals surface area contributed by atoms with Crippen molar-refractivity contribution in [3.8, 4) is 11.3 Å². The highest BCUT2D eigenvalue weighted by Crippen LogP contribution is 2.38. The van der Waals surface area contributed by atoms with E-state index in [2.05, 4.69) is 8.75 Å². The van der Waals surface area contributed by atoms with E-state index in [1.165, 1.54) is 6.92 Å². The molecule has 0 unspecified atom stereocenters. The molecule has 0 bridgehead atoms. The summed E-state index contributed by atoms with van der Waals surface area (Å²) in [5, 5.41) is 0.852. The summed E-state index contributed by atoms with van der Waals surface area (Å²) >= 11 is 13.3. The maximum absolute atomic E-state index is 11.3. The number of rotatable bonds is 2. The molecule has 0 amide bonds. The van der Waals surface area contributed by atoms with Gasteiger partial charge in [0.25, 0.3) is 0 Å². The molecule has 4 nitrogen and oxygen atoms in total. The molecule has 2 heterocycles. The fraction of sp³-hybridized carbons (Fsp3) is 0.0833. The lowest BCUT2D eigenvalue weighted by molar-refractivity contribution is 0.0988. The minimum atomic E-state index is -0.149. The number of benzene rings is 1. The van der Waals surface area contributed by atoms with Crippen LogP contribution in [0.5, 0.6) is 0 Å². The number of carbonyl (C=O) groups is 1. The molecule has 1 aromatic carbocycles. The lowest BCUT2D eigenvalue weighted by Gasteiger charge is -2.03.